The highest BCUT2D eigenvalue weighted by Gasteiger charge is 2.18. The first-order chi connectivity index (χ1) is 11.0. The lowest BCUT2D eigenvalue weighted by Crippen LogP contribution is -2.24. The van der Waals surface area contributed by atoms with Gasteiger partial charge in [0, 0.05) is 38.9 Å². The monoisotopic (exact) mass is 329 g/mol. The van der Waals surface area contributed by atoms with Crippen molar-refractivity contribution in [2.45, 2.75) is 6.42 Å². The maximum absolute atomic E-state index is 10.9. The minimum absolute atomic E-state index is 0.263. The lowest BCUT2D eigenvalue weighted by atomic mass is 10.2. The van der Waals surface area contributed by atoms with Gasteiger partial charge in [0.1, 0.15) is 11.5 Å². The van der Waals surface area contributed by atoms with E-state index in [1.54, 1.807) is 17.3 Å². The third kappa shape index (κ3) is 3.21. The van der Waals surface area contributed by atoms with Crippen molar-refractivity contribution in [3.8, 4) is 22.0 Å². The molecule has 0 aliphatic heterocycles. The van der Waals surface area contributed by atoms with Crippen LogP contribution in [0.3, 0.4) is 0 Å². The summed E-state index contributed by atoms with van der Waals surface area (Å²) in [5.41, 5.74) is 1.09. The molecule has 3 heterocycles. The number of aliphatic carboxylic acids is 1. The van der Waals surface area contributed by atoms with Gasteiger partial charge >= 0.3 is 0 Å². The normalized spacial score (nSPS) is 10.7. The van der Waals surface area contributed by atoms with Crippen LogP contribution in [0.2, 0.25) is 0 Å². The fourth-order valence-corrected chi connectivity index (χ4v) is 2.73. The Morgan fingerprint density at radius 3 is 2.65 bits per heavy atom. The van der Waals surface area contributed by atoms with E-state index in [1.807, 2.05) is 31.6 Å². The van der Waals surface area contributed by atoms with Gasteiger partial charge in [-0.05, 0) is 11.4 Å². The average molecular weight is 329 g/mol. The highest BCUT2D eigenvalue weighted by Crippen LogP contribution is 2.31. The number of aromatic nitrogens is 3. The molecule has 0 amide bonds. The van der Waals surface area contributed by atoms with E-state index >= 15 is 0 Å². The smallest absolute Gasteiger partial charge is 0.230 e. The fraction of sp³-hybridized carbons (Fsp3) is 0.200. The number of carbonyl (C=O) groups excluding carboxylic acids is 1. The molecular formula is C15H13N4O3S-. The SMILES string of the molecule is CN(C)c1ncc(-c2nc(-c3cccs3)c(CC(=O)[O-])o2)cn1. The molecule has 0 saturated heterocycles. The molecule has 0 aromatic carbocycles. The Balaban J connectivity index is 2.01. The van der Waals surface area contributed by atoms with Crippen molar-refractivity contribution in [1.29, 1.82) is 0 Å². The summed E-state index contributed by atoms with van der Waals surface area (Å²) in [7, 11) is 3.68. The van der Waals surface area contributed by atoms with E-state index in [4.69, 9.17) is 4.42 Å². The second-order valence-corrected chi connectivity index (χ2v) is 5.93. The van der Waals surface area contributed by atoms with Crippen molar-refractivity contribution in [2.75, 3.05) is 19.0 Å². The van der Waals surface area contributed by atoms with Gasteiger partial charge < -0.3 is 19.2 Å². The molecule has 118 valence electrons. The average Bonchev–Trinajstić information content (AvgIpc) is 3.16. The van der Waals surface area contributed by atoms with Gasteiger partial charge in [-0.2, -0.15) is 0 Å². The first kappa shape index (κ1) is 15.2. The highest BCUT2D eigenvalue weighted by atomic mass is 32.1. The Bertz CT molecular complexity index is 810. The van der Waals surface area contributed by atoms with Crippen LogP contribution in [0.1, 0.15) is 5.76 Å². The molecule has 0 atom stereocenters. The number of rotatable bonds is 5. The van der Waals surface area contributed by atoms with Crippen molar-refractivity contribution in [1.82, 2.24) is 15.0 Å². The minimum atomic E-state index is -1.22. The molecule has 0 fully saturated rings. The van der Waals surface area contributed by atoms with Crippen LogP contribution >= 0.6 is 11.3 Å². The Labute approximate surface area is 136 Å². The van der Waals surface area contributed by atoms with Crippen molar-refractivity contribution < 1.29 is 14.3 Å². The Morgan fingerprint density at radius 2 is 2.09 bits per heavy atom. The number of carboxylic acids is 1. The zero-order chi connectivity index (χ0) is 16.4. The van der Waals surface area contributed by atoms with Crippen LogP contribution in [0.25, 0.3) is 22.0 Å². The van der Waals surface area contributed by atoms with E-state index in [0.717, 1.165) is 4.88 Å². The largest absolute Gasteiger partial charge is 0.550 e. The number of oxazole rings is 1. The van der Waals surface area contributed by atoms with Crippen LogP contribution < -0.4 is 10.0 Å². The molecule has 23 heavy (non-hydrogen) atoms. The van der Waals surface area contributed by atoms with Crippen LogP contribution in [-0.4, -0.2) is 35.0 Å². The summed E-state index contributed by atoms with van der Waals surface area (Å²) >= 11 is 1.46. The second-order valence-electron chi connectivity index (χ2n) is 4.98. The fourth-order valence-electron chi connectivity index (χ4n) is 1.99. The zero-order valence-electron chi connectivity index (χ0n) is 12.5. The van der Waals surface area contributed by atoms with Gasteiger partial charge in [0.2, 0.25) is 11.8 Å². The summed E-state index contributed by atoms with van der Waals surface area (Å²) < 4.78 is 5.62. The number of carbonyl (C=O) groups is 1. The van der Waals surface area contributed by atoms with Gasteiger partial charge in [0.15, 0.2) is 0 Å². The zero-order valence-corrected chi connectivity index (χ0v) is 13.3. The molecule has 8 heteroatoms. The molecule has 3 aromatic rings. The third-order valence-electron chi connectivity index (χ3n) is 3.04. The quantitative estimate of drug-likeness (QED) is 0.694. The van der Waals surface area contributed by atoms with E-state index in [-0.39, 0.29) is 18.1 Å². The van der Waals surface area contributed by atoms with Crippen LogP contribution in [0.5, 0.6) is 0 Å². The molecule has 0 aliphatic rings. The van der Waals surface area contributed by atoms with E-state index in [9.17, 15) is 9.90 Å². The molecule has 0 unspecified atom stereocenters. The Morgan fingerprint density at radius 1 is 1.35 bits per heavy atom. The highest BCUT2D eigenvalue weighted by molar-refractivity contribution is 7.13. The standard InChI is InChI=1S/C15H14N4O3S/c1-19(2)15-16-7-9(8-17-15)14-18-13(11-4-3-5-23-11)10(22-14)6-12(20)21/h3-5,7-8H,6H2,1-2H3,(H,20,21)/p-1. The second kappa shape index (κ2) is 6.17. The predicted octanol–water partition coefficient (Wildman–Crippen LogP) is 1.22. The topological polar surface area (TPSA) is 95.2 Å². The number of thiophene rings is 1. The predicted molar refractivity (Wildman–Crippen MR) is 83.9 cm³/mol. The molecule has 0 bridgehead atoms. The van der Waals surface area contributed by atoms with Crippen LogP contribution in [-0.2, 0) is 11.2 Å². The third-order valence-corrected chi connectivity index (χ3v) is 3.92. The lowest BCUT2D eigenvalue weighted by Gasteiger charge is -2.08. The molecule has 0 spiro atoms. The van der Waals surface area contributed by atoms with Gasteiger partial charge in [0.05, 0.1) is 10.4 Å². The maximum atomic E-state index is 10.9. The molecule has 3 rings (SSSR count). The summed E-state index contributed by atoms with van der Waals surface area (Å²) in [4.78, 5) is 26.4. The van der Waals surface area contributed by atoms with Gasteiger partial charge in [-0.15, -0.1) is 11.3 Å². The Hall–Kier alpha value is -2.74. The summed E-state index contributed by atoms with van der Waals surface area (Å²) in [5, 5.41) is 12.8. The first-order valence-corrected chi connectivity index (χ1v) is 7.65. The molecule has 0 radical (unpaired) electrons. The van der Waals surface area contributed by atoms with Crippen molar-refractivity contribution >= 4 is 23.3 Å². The van der Waals surface area contributed by atoms with E-state index in [1.165, 1.54) is 11.3 Å². The number of nitrogens with zero attached hydrogens (tertiary/aromatic N) is 4. The van der Waals surface area contributed by atoms with Crippen molar-refractivity contribution in [2.24, 2.45) is 0 Å². The number of carboxylic acid groups (broad SMARTS) is 1. The van der Waals surface area contributed by atoms with Gasteiger partial charge in [-0.25, -0.2) is 15.0 Å². The number of hydrogen-bond donors (Lipinski definition) is 0. The van der Waals surface area contributed by atoms with Crippen LogP contribution in [0, 0.1) is 0 Å². The van der Waals surface area contributed by atoms with E-state index < -0.39 is 5.97 Å². The number of hydrogen-bond acceptors (Lipinski definition) is 8. The lowest BCUT2D eigenvalue weighted by molar-refractivity contribution is -0.305. The molecular weight excluding hydrogens is 316 g/mol. The molecule has 3 aromatic heterocycles. The Kier molecular flexibility index (Phi) is 4.07. The van der Waals surface area contributed by atoms with Gasteiger partial charge in [0.25, 0.3) is 0 Å². The van der Waals surface area contributed by atoms with E-state index in [0.29, 0.717) is 17.2 Å². The van der Waals surface area contributed by atoms with Crippen LogP contribution in [0.15, 0.2) is 34.3 Å². The molecule has 0 saturated carbocycles. The minimum Gasteiger partial charge on any atom is -0.550 e. The molecule has 0 N–H and O–H groups in total. The summed E-state index contributed by atoms with van der Waals surface area (Å²) in [6.45, 7) is 0. The summed E-state index contributed by atoms with van der Waals surface area (Å²) in [6.07, 6.45) is 2.85. The molecule has 7 nitrogen and oxygen atoms in total. The van der Waals surface area contributed by atoms with Gasteiger partial charge in [-0.1, -0.05) is 6.07 Å². The van der Waals surface area contributed by atoms with Crippen molar-refractivity contribution in [3.63, 3.8) is 0 Å². The molecule has 0 aliphatic carbocycles. The summed E-state index contributed by atoms with van der Waals surface area (Å²) in [6, 6.07) is 3.73. The number of anilines is 1. The van der Waals surface area contributed by atoms with Crippen molar-refractivity contribution in [3.05, 3.63) is 35.7 Å². The van der Waals surface area contributed by atoms with E-state index in [2.05, 4.69) is 15.0 Å². The van der Waals surface area contributed by atoms with Crippen LogP contribution in [0.4, 0.5) is 5.95 Å². The first-order valence-electron chi connectivity index (χ1n) is 6.77. The maximum Gasteiger partial charge on any atom is 0.230 e. The van der Waals surface area contributed by atoms with Gasteiger partial charge in [-0.3, -0.25) is 0 Å². The summed E-state index contributed by atoms with van der Waals surface area (Å²) in [5.74, 6) is -0.104.